The number of nitrogens with zero attached hydrogens (tertiary/aromatic N) is 1. The largest absolute Gasteiger partial charge is 0.491 e. The lowest BCUT2D eigenvalue weighted by molar-refractivity contribution is 0.0730. The van der Waals surface area contributed by atoms with E-state index in [9.17, 15) is 13.2 Å². The lowest BCUT2D eigenvalue weighted by Gasteiger charge is -2.26. The van der Waals surface area contributed by atoms with Crippen molar-refractivity contribution in [3.8, 4) is 5.75 Å². The molecule has 4 rings (SSSR count). The molecule has 0 saturated carbocycles. The molecule has 168 valence electrons. The summed E-state index contributed by atoms with van der Waals surface area (Å²) in [6.45, 7) is 3.68. The van der Waals surface area contributed by atoms with Crippen LogP contribution in [-0.2, 0) is 14.8 Å². The molecule has 3 aromatic rings. The van der Waals surface area contributed by atoms with E-state index in [1.807, 2.05) is 42.5 Å². The summed E-state index contributed by atoms with van der Waals surface area (Å²) in [7, 11) is -3.68. The van der Waals surface area contributed by atoms with Crippen molar-refractivity contribution in [2.75, 3.05) is 39.5 Å². The van der Waals surface area contributed by atoms with E-state index in [4.69, 9.17) is 9.47 Å². The molecule has 1 amide bonds. The van der Waals surface area contributed by atoms with Crippen LogP contribution in [0.1, 0.15) is 15.9 Å². The summed E-state index contributed by atoms with van der Waals surface area (Å²) in [5.41, 5.74) is 0.903. The number of carbonyl (C=O) groups excluding carboxylic acids is 1. The summed E-state index contributed by atoms with van der Waals surface area (Å²) in [5, 5.41) is 4.90. The van der Waals surface area contributed by atoms with Gasteiger partial charge in [-0.15, -0.1) is 0 Å². The molecule has 0 radical (unpaired) electrons. The molecular weight excluding hydrogens is 428 g/mol. The Hall–Kier alpha value is -2.94. The summed E-state index contributed by atoms with van der Waals surface area (Å²) in [6.07, 6.45) is 0. The van der Waals surface area contributed by atoms with Gasteiger partial charge in [-0.05, 0) is 36.1 Å². The fourth-order valence-electron chi connectivity index (χ4n) is 3.69. The van der Waals surface area contributed by atoms with Gasteiger partial charge in [0.25, 0.3) is 5.91 Å². The number of fused-ring (bicyclic) bond motifs is 1. The second kappa shape index (κ2) is 9.68. The quantitative estimate of drug-likeness (QED) is 0.555. The van der Waals surface area contributed by atoms with Gasteiger partial charge in [-0.3, -0.25) is 4.79 Å². The van der Waals surface area contributed by atoms with Crippen molar-refractivity contribution in [1.82, 2.24) is 9.62 Å². The van der Waals surface area contributed by atoms with Crippen LogP contribution in [-0.4, -0.2) is 58.1 Å². The minimum Gasteiger partial charge on any atom is -0.491 e. The first kappa shape index (κ1) is 22.3. The Morgan fingerprint density at radius 2 is 1.81 bits per heavy atom. The van der Waals surface area contributed by atoms with Crippen molar-refractivity contribution >= 4 is 26.7 Å². The van der Waals surface area contributed by atoms with E-state index in [1.54, 1.807) is 19.1 Å². The second-order valence-corrected chi connectivity index (χ2v) is 9.48. The maximum absolute atomic E-state index is 13.0. The molecule has 32 heavy (non-hydrogen) atoms. The standard InChI is InChI=1S/C24H26N2O5S/c1-18-9-10-20(17-23(18)32(28,29)26-12-15-30-16-13-26)24(27)25-11-14-31-22-8-4-6-19-5-2-3-7-21(19)22/h2-10,17H,11-16H2,1H3,(H,25,27). The first-order chi connectivity index (χ1) is 15.5. The fraction of sp³-hybridized carbons (Fsp3) is 0.292. The Balaban J connectivity index is 1.40. The number of rotatable bonds is 7. The van der Waals surface area contributed by atoms with Gasteiger partial charge in [0, 0.05) is 24.0 Å². The molecule has 1 aliphatic heterocycles. The van der Waals surface area contributed by atoms with Crippen LogP contribution in [0.3, 0.4) is 0 Å². The molecule has 1 aliphatic rings. The van der Waals surface area contributed by atoms with Gasteiger partial charge in [0.15, 0.2) is 0 Å². The van der Waals surface area contributed by atoms with Crippen LogP contribution < -0.4 is 10.1 Å². The highest BCUT2D eigenvalue weighted by Gasteiger charge is 2.28. The number of hydrogen-bond donors (Lipinski definition) is 1. The zero-order valence-corrected chi connectivity index (χ0v) is 18.7. The van der Waals surface area contributed by atoms with Crippen LogP contribution in [0.5, 0.6) is 5.75 Å². The van der Waals surface area contributed by atoms with Gasteiger partial charge in [-0.2, -0.15) is 4.31 Å². The van der Waals surface area contributed by atoms with Gasteiger partial charge in [0.05, 0.1) is 24.7 Å². The molecule has 0 spiro atoms. The number of morpholine rings is 1. The van der Waals surface area contributed by atoms with E-state index in [1.165, 1.54) is 10.4 Å². The lowest BCUT2D eigenvalue weighted by Crippen LogP contribution is -2.41. The van der Waals surface area contributed by atoms with E-state index < -0.39 is 10.0 Å². The molecule has 1 N–H and O–H groups in total. The van der Waals surface area contributed by atoms with Crippen LogP contribution in [0.2, 0.25) is 0 Å². The second-order valence-electron chi connectivity index (χ2n) is 7.58. The van der Waals surface area contributed by atoms with Gasteiger partial charge in [0.1, 0.15) is 12.4 Å². The molecule has 0 aliphatic carbocycles. The highest BCUT2D eigenvalue weighted by Crippen LogP contribution is 2.25. The first-order valence-electron chi connectivity index (χ1n) is 10.5. The Morgan fingerprint density at radius 1 is 1.06 bits per heavy atom. The molecule has 0 unspecified atom stereocenters. The minimum atomic E-state index is -3.68. The number of sulfonamides is 1. The van der Waals surface area contributed by atoms with Crippen LogP contribution >= 0.6 is 0 Å². The zero-order chi connectivity index (χ0) is 22.6. The SMILES string of the molecule is Cc1ccc(C(=O)NCCOc2cccc3ccccc23)cc1S(=O)(=O)N1CCOCC1. The van der Waals surface area contributed by atoms with Crippen molar-refractivity contribution in [3.05, 3.63) is 71.8 Å². The molecule has 1 heterocycles. The van der Waals surface area contributed by atoms with Gasteiger partial charge < -0.3 is 14.8 Å². The maximum atomic E-state index is 13.0. The van der Waals surface area contributed by atoms with E-state index in [0.717, 1.165) is 16.5 Å². The Labute approximate surface area is 188 Å². The number of carbonyl (C=O) groups is 1. The monoisotopic (exact) mass is 454 g/mol. The number of benzene rings is 3. The average Bonchev–Trinajstić information content (AvgIpc) is 2.82. The lowest BCUT2D eigenvalue weighted by atomic mass is 10.1. The minimum absolute atomic E-state index is 0.152. The number of amides is 1. The highest BCUT2D eigenvalue weighted by molar-refractivity contribution is 7.89. The first-order valence-corrected chi connectivity index (χ1v) is 12.0. The Kier molecular flexibility index (Phi) is 6.74. The molecule has 8 heteroatoms. The molecular formula is C24H26N2O5S. The van der Waals surface area contributed by atoms with E-state index >= 15 is 0 Å². The van der Waals surface area contributed by atoms with Crippen LogP contribution in [0.25, 0.3) is 10.8 Å². The fourth-order valence-corrected chi connectivity index (χ4v) is 5.35. The molecule has 1 fully saturated rings. The summed E-state index contributed by atoms with van der Waals surface area (Å²) >= 11 is 0. The third-order valence-electron chi connectivity index (χ3n) is 5.43. The number of aryl methyl sites for hydroxylation is 1. The third-order valence-corrected chi connectivity index (χ3v) is 7.47. The number of ether oxygens (including phenoxy) is 2. The van der Waals surface area contributed by atoms with Crippen molar-refractivity contribution in [1.29, 1.82) is 0 Å². The Morgan fingerprint density at radius 3 is 2.62 bits per heavy atom. The van der Waals surface area contributed by atoms with Crippen molar-refractivity contribution < 1.29 is 22.7 Å². The molecule has 0 aromatic heterocycles. The number of nitrogens with one attached hydrogen (secondary N) is 1. The predicted molar refractivity (Wildman–Crippen MR) is 123 cm³/mol. The third kappa shape index (κ3) is 4.77. The smallest absolute Gasteiger partial charge is 0.251 e. The average molecular weight is 455 g/mol. The molecule has 0 bridgehead atoms. The van der Waals surface area contributed by atoms with E-state index in [2.05, 4.69) is 5.32 Å². The summed E-state index contributed by atoms with van der Waals surface area (Å²) in [4.78, 5) is 12.8. The van der Waals surface area contributed by atoms with Gasteiger partial charge >= 0.3 is 0 Å². The van der Waals surface area contributed by atoms with Crippen LogP contribution in [0.4, 0.5) is 0 Å². The van der Waals surface area contributed by atoms with Crippen molar-refractivity contribution in [3.63, 3.8) is 0 Å². The van der Waals surface area contributed by atoms with Gasteiger partial charge in [-0.1, -0.05) is 42.5 Å². The molecule has 3 aromatic carbocycles. The van der Waals surface area contributed by atoms with E-state index in [-0.39, 0.29) is 10.8 Å². The predicted octanol–water partition coefficient (Wildman–Crippen LogP) is 2.98. The molecule has 0 atom stereocenters. The molecule has 7 nitrogen and oxygen atoms in total. The molecule has 1 saturated heterocycles. The topological polar surface area (TPSA) is 84.9 Å². The van der Waals surface area contributed by atoms with Crippen LogP contribution in [0.15, 0.2) is 65.6 Å². The maximum Gasteiger partial charge on any atom is 0.251 e. The normalized spacial score (nSPS) is 14.9. The summed E-state index contributed by atoms with van der Waals surface area (Å²) in [6, 6.07) is 18.5. The Bertz CT molecular complexity index is 1210. The van der Waals surface area contributed by atoms with Gasteiger partial charge in [0.2, 0.25) is 10.0 Å². The van der Waals surface area contributed by atoms with Crippen LogP contribution in [0, 0.1) is 6.92 Å². The van der Waals surface area contributed by atoms with Crippen molar-refractivity contribution in [2.24, 2.45) is 0 Å². The van der Waals surface area contributed by atoms with Gasteiger partial charge in [-0.25, -0.2) is 8.42 Å². The summed E-state index contributed by atoms with van der Waals surface area (Å²) in [5.74, 6) is 0.413. The van der Waals surface area contributed by atoms with Crippen molar-refractivity contribution in [2.45, 2.75) is 11.8 Å². The highest BCUT2D eigenvalue weighted by atomic mass is 32.2. The number of hydrogen-bond acceptors (Lipinski definition) is 5. The summed E-state index contributed by atoms with van der Waals surface area (Å²) < 4.78 is 38.6. The van der Waals surface area contributed by atoms with E-state index in [0.29, 0.717) is 50.6 Å². The zero-order valence-electron chi connectivity index (χ0n) is 17.9.